The van der Waals surface area contributed by atoms with Crippen LogP contribution in [0.5, 0.6) is 0 Å². The average Bonchev–Trinajstić information content (AvgIpc) is 2.68. The molecule has 1 aliphatic rings. The van der Waals surface area contributed by atoms with Gasteiger partial charge < -0.3 is 16.0 Å². The molecule has 0 heterocycles. The number of nitrogens with two attached hydrogens (primary N) is 1. The molecule has 136 valence electrons. The van der Waals surface area contributed by atoms with E-state index in [1.165, 1.54) is 0 Å². The van der Waals surface area contributed by atoms with Gasteiger partial charge in [0, 0.05) is 24.0 Å². The van der Waals surface area contributed by atoms with E-state index < -0.39 is 5.54 Å². The maximum absolute atomic E-state index is 12.7. The highest BCUT2D eigenvalue weighted by Gasteiger charge is 2.35. The molecule has 3 N–H and O–H groups in total. The molecule has 5 nitrogen and oxygen atoms in total. The summed E-state index contributed by atoms with van der Waals surface area (Å²) in [6.45, 7) is 0. The Labute approximate surface area is 154 Å². The minimum atomic E-state index is -0.806. The summed E-state index contributed by atoms with van der Waals surface area (Å²) in [5.41, 5.74) is 7.41. The Balaban J connectivity index is 1.73. The summed E-state index contributed by atoms with van der Waals surface area (Å²) < 4.78 is 0. The predicted octanol–water partition coefficient (Wildman–Crippen LogP) is 3.56. The van der Waals surface area contributed by atoms with Crippen molar-refractivity contribution in [2.24, 2.45) is 5.73 Å². The number of benzene rings is 2. The van der Waals surface area contributed by atoms with Gasteiger partial charge in [0.15, 0.2) is 0 Å². The van der Waals surface area contributed by atoms with Gasteiger partial charge in [-0.2, -0.15) is 0 Å². The second-order valence-electron chi connectivity index (χ2n) is 6.95. The highest BCUT2D eigenvalue weighted by Crippen LogP contribution is 2.27. The lowest BCUT2D eigenvalue weighted by molar-refractivity contribution is -0.122. The number of para-hydroxylation sites is 1. The van der Waals surface area contributed by atoms with Crippen LogP contribution in [0.3, 0.4) is 0 Å². The fourth-order valence-corrected chi connectivity index (χ4v) is 3.36. The zero-order chi connectivity index (χ0) is 18.6. The fraction of sp³-hybridized carbons (Fsp3) is 0.333. The second kappa shape index (κ2) is 7.70. The Morgan fingerprint density at radius 2 is 1.69 bits per heavy atom. The van der Waals surface area contributed by atoms with Gasteiger partial charge in [-0.1, -0.05) is 43.5 Å². The lowest BCUT2D eigenvalue weighted by Crippen LogP contribution is -2.52. The van der Waals surface area contributed by atoms with Crippen LogP contribution in [0.1, 0.15) is 42.5 Å². The molecular formula is C21H25N3O2. The standard InChI is InChI=1S/C21H25N3O2/c1-24(18-11-4-2-5-12-18)19(25)16-9-8-10-17(15-16)23-20(26)21(22)13-6-3-7-14-21/h2,4-5,8-12,15H,3,6-7,13-14,22H2,1H3,(H,23,26). The van der Waals surface area contributed by atoms with Crippen molar-refractivity contribution in [1.82, 2.24) is 0 Å². The molecule has 0 unspecified atom stereocenters. The summed E-state index contributed by atoms with van der Waals surface area (Å²) in [4.78, 5) is 26.9. The van der Waals surface area contributed by atoms with E-state index in [2.05, 4.69) is 5.32 Å². The molecule has 0 atom stereocenters. The van der Waals surface area contributed by atoms with Gasteiger partial charge in [-0.05, 0) is 43.2 Å². The Kier molecular flexibility index (Phi) is 5.38. The summed E-state index contributed by atoms with van der Waals surface area (Å²) in [7, 11) is 1.74. The minimum Gasteiger partial charge on any atom is -0.324 e. The molecule has 0 aromatic heterocycles. The molecular weight excluding hydrogens is 326 g/mol. The first-order chi connectivity index (χ1) is 12.5. The van der Waals surface area contributed by atoms with Crippen LogP contribution in [0, 0.1) is 0 Å². The zero-order valence-electron chi connectivity index (χ0n) is 15.1. The van der Waals surface area contributed by atoms with Gasteiger partial charge in [0.2, 0.25) is 5.91 Å². The molecule has 1 fully saturated rings. The van der Waals surface area contributed by atoms with Crippen molar-refractivity contribution in [1.29, 1.82) is 0 Å². The smallest absolute Gasteiger partial charge is 0.258 e. The Bertz CT molecular complexity index is 783. The van der Waals surface area contributed by atoms with Gasteiger partial charge in [-0.3, -0.25) is 9.59 Å². The molecule has 0 saturated heterocycles. The zero-order valence-corrected chi connectivity index (χ0v) is 15.1. The first-order valence-electron chi connectivity index (χ1n) is 9.03. The van der Waals surface area contributed by atoms with Crippen LogP contribution in [0.25, 0.3) is 0 Å². The van der Waals surface area contributed by atoms with Crippen LogP contribution in [-0.4, -0.2) is 24.4 Å². The van der Waals surface area contributed by atoms with E-state index in [1.807, 2.05) is 30.3 Å². The van der Waals surface area contributed by atoms with Crippen LogP contribution in [-0.2, 0) is 4.79 Å². The normalized spacial score (nSPS) is 15.9. The number of nitrogens with one attached hydrogen (secondary N) is 1. The number of rotatable bonds is 4. The van der Waals surface area contributed by atoms with Gasteiger partial charge >= 0.3 is 0 Å². The Hall–Kier alpha value is -2.66. The van der Waals surface area contributed by atoms with E-state index in [4.69, 9.17) is 5.73 Å². The third kappa shape index (κ3) is 3.94. The van der Waals surface area contributed by atoms with Crippen molar-refractivity contribution in [3.05, 3.63) is 60.2 Å². The average molecular weight is 351 g/mol. The number of nitrogens with zero attached hydrogens (tertiary/aromatic N) is 1. The highest BCUT2D eigenvalue weighted by molar-refractivity contribution is 6.07. The van der Waals surface area contributed by atoms with Crippen LogP contribution in [0.4, 0.5) is 11.4 Å². The van der Waals surface area contributed by atoms with Gasteiger partial charge in [0.05, 0.1) is 5.54 Å². The third-order valence-corrected chi connectivity index (χ3v) is 5.01. The summed E-state index contributed by atoms with van der Waals surface area (Å²) in [6.07, 6.45) is 4.49. The van der Waals surface area contributed by atoms with E-state index in [9.17, 15) is 9.59 Å². The molecule has 1 saturated carbocycles. The van der Waals surface area contributed by atoms with E-state index >= 15 is 0 Å². The first-order valence-corrected chi connectivity index (χ1v) is 9.03. The Morgan fingerprint density at radius 1 is 1.00 bits per heavy atom. The third-order valence-electron chi connectivity index (χ3n) is 5.01. The first kappa shape index (κ1) is 18.1. The minimum absolute atomic E-state index is 0.132. The monoisotopic (exact) mass is 351 g/mol. The lowest BCUT2D eigenvalue weighted by Gasteiger charge is -2.31. The number of hydrogen-bond donors (Lipinski definition) is 2. The lowest BCUT2D eigenvalue weighted by atomic mass is 9.82. The number of carbonyl (C=O) groups is 2. The molecule has 0 spiro atoms. The number of carbonyl (C=O) groups excluding carboxylic acids is 2. The number of hydrogen-bond acceptors (Lipinski definition) is 3. The van der Waals surface area contributed by atoms with E-state index in [0.29, 0.717) is 24.1 Å². The van der Waals surface area contributed by atoms with Crippen LogP contribution >= 0.6 is 0 Å². The van der Waals surface area contributed by atoms with Crippen molar-refractivity contribution in [2.75, 3.05) is 17.3 Å². The van der Waals surface area contributed by atoms with Crippen molar-refractivity contribution >= 4 is 23.2 Å². The van der Waals surface area contributed by atoms with Crippen molar-refractivity contribution in [2.45, 2.75) is 37.6 Å². The fourth-order valence-electron chi connectivity index (χ4n) is 3.36. The quantitative estimate of drug-likeness (QED) is 0.884. The van der Waals surface area contributed by atoms with E-state index in [0.717, 1.165) is 24.9 Å². The van der Waals surface area contributed by atoms with Gasteiger partial charge in [0.1, 0.15) is 0 Å². The van der Waals surface area contributed by atoms with Crippen molar-refractivity contribution < 1.29 is 9.59 Å². The van der Waals surface area contributed by atoms with Gasteiger partial charge in [0.25, 0.3) is 5.91 Å². The maximum atomic E-state index is 12.7. The van der Waals surface area contributed by atoms with E-state index in [1.54, 1.807) is 36.2 Å². The molecule has 0 aliphatic heterocycles. The summed E-state index contributed by atoms with van der Waals surface area (Å²) in [5.74, 6) is -0.300. The summed E-state index contributed by atoms with van der Waals surface area (Å²) in [6, 6.07) is 16.4. The summed E-state index contributed by atoms with van der Waals surface area (Å²) in [5, 5.41) is 2.89. The topological polar surface area (TPSA) is 75.4 Å². The molecule has 3 rings (SSSR count). The SMILES string of the molecule is CN(C(=O)c1cccc(NC(=O)C2(N)CCCCC2)c1)c1ccccc1. The predicted molar refractivity (Wildman–Crippen MR) is 104 cm³/mol. The summed E-state index contributed by atoms with van der Waals surface area (Å²) >= 11 is 0. The molecule has 26 heavy (non-hydrogen) atoms. The Morgan fingerprint density at radius 3 is 2.38 bits per heavy atom. The molecule has 1 aliphatic carbocycles. The number of amides is 2. The molecule has 0 bridgehead atoms. The van der Waals surface area contributed by atoms with E-state index in [-0.39, 0.29) is 11.8 Å². The van der Waals surface area contributed by atoms with Crippen LogP contribution < -0.4 is 16.0 Å². The molecule has 5 heteroatoms. The van der Waals surface area contributed by atoms with Crippen molar-refractivity contribution in [3.8, 4) is 0 Å². The highest BCUT2D eigenvalue weighted by atomic mass is 16.2. The van der Waals surface area contributed by atoms with Crippen LogP contribution in [0.15, 0.2) is 54.6 Å². The van der Waals surface area contributed by atoms with Gasteiger partial charge in [-0.25, -0.2) is 0 Å². The maximum Gasteiger partial charge on any atom is 0.258 e. The van der Waals surface area contributed by atoms with Crippen molar-refractivity contribution in [3.63, 3.8) is 0 Å². The molecule has 2 amide bonds. The van der Waals surface area contributed by atoms with Gasteiger partial charge in [-0.15, -0.1) is 0 Å². The van der Waals surface area contributed by atoms with Crippen LogP contribution in [0.2, 0.25) is 0 Å². The molecule has 2 aromatic rings. The molecule has 2 aromatic carbocycles. The molecule has 0 radical (unpaired) electrons. The largest absolute Gasteiger partial charge is 0.324 e. The second-order valence-corrected chi connectivity index (χ2v) is 6.95. The number of anilines is 2.